The molecule has 45 heavy (non-hydrogen) atoms. The molecule has 0 saturated carbocycles. The van der Waals surface area contributed by atoms with Gasteiger partial charge in [-0.15, -0.1) is 0 Å². The molecule has 0 unspecified atom stereocenters. The quantitative estimate of drug-likeness (QED) is 0.266. The number of benzene rings is 1. The van der Waals surface area contributed by atoms with E-state index in [1.165, 1.54) is 16.7 Å². The van der Waals surface area contributed by atoms with Crippen LogP contribution in [0.3, 0.4) is 0 Å². The van der Waals surface area contributed by atoms with Gasteiger partial charge >= 0.3 is 6.55 Å². The predicted octanol–water partition coefficient (Wildman–Crippen LogP) is 3.83. The number of nitrogens with one attached hydrogen (secondary N) is 2. The Morgan fingerprint density at radius 2 is 1.80 bits per heavy atom. The summed E-state index contributed by atoms with van der Waals surface area (Å²) in [6.07, 6.45) is 1.88. The van der Waals surface area contributed by atoms with Crippen LogP contribution in [0.15, 0.2) is 29.1 Å². The Kier molecular flexibility index (Phi) is 8.81. The number of aromatic nitrogens is 6. The highest BCUT2D eigenvalue weighted by Gasteiger charge is 2.30. The number of fused-ring (bicyclic) bond motifs is 1. The lowest BCUT2D eigenvalue weighted by Crippen LogP contribution is -2.38. The number of hydrogen-bond donors (Lipinski definition) is 2. The number of anilines is 2. The van der Waals surface area contributed by atoms with Crippen LogP contribution in [-0.4, -0.2) is 63.0 Å². The molecule has 0 spiro atoms. The molecule has 1 aromatic carbocycles. The van der Waals surface area contributed by atoms with Gasteiger partial charge in [-0.05, 0) is 57.4 Å². The van der Waals surface area contributed by atoms with Gasteiger partial charge in [0, 0.05) is 31.6 Å². The first-order valence-electron chi connectivity index (χ1n) is 14.1. The third kappa shape index (κ3) is 6.76. The summed E-state index contributed by atoms with van der Waals surface area (Å²) in [5, 5.41) is 7.43. The number of alkyl halides is 2. The van der Waals surface area contributed by atoms with Gasteiger partial charge in [0.25, 0.3) is 11.5 Å². The number of nitrogens with zero attached hydrogens (tertiary/aromatic N) is 7. The SMILES string of the molecule is Cc1cc([C@@H](C)Nc2ccc(Cl)nc2C(=O)NS(C)(=O)=O)c2nc(N3CCC(c4nc(C)nn4C(F)F)CC3)n(C)c(=O)c2c1. The Hall–Kier alpha value is -4.18. The Balaban J connectivity index is 1.48. The average Bonchev–Trinajstić information content (AvgIpc) is 3.37. The summed E-state index contributed by atoms with van der Waals surface area (Å²) in [7, 11) is -2.23. The van der Waals surface area contributed by atoms with Gasteiger partial charge in [0.2, 0.25) is 16.0 Å². The van der Waals surface area contributed by atoms with Crippen LogP contribution in [0.4, 0.5) is 20.4 Å². The molecule has 0 bridgehead atoms. The molecule has 2 N–H and O–H groups in total. The normalized spacial score (nSPS) is 15.1. The second-order valence-electron chi connectivity index (χ2n) is 11.1. The average molecular weight is 664 g/mol. The van der Waals surface area contributed by atoms with E-state index in [0.717, 1.165) is 11.8 Å². The van der Waals surface area contributed by atoms with Crippen molar-refractivity contribution in [2.24, 2.45) is 7.05 Å². The van der Waals surface area contributed by atoms with Gasteiger partial charge in [-0.25, -0.2) is 28.1 Å². The van der Waals surface area contributed by atoms with E-state index in [2.05, 4.69) is 20.4 Å². The van der Waals surface area contributed by atoms with Gasteiger partial charge in [0.15, 0.2) is 5.69 Å². The van der Waals surface area contributed by atoms with Gasteiger partial charge in [-0.1, -0.05) is 17.7 Å². The molecular weight excluding hydrogens is 632 g/mol. The zero-order chi connectivity index (χ0) is 32.8. The van der Waals surface area contributed by atoms with E-state index >= 15 is 0 Å². The maximum absolute atomic E-state index is 13.6. The van der Waals surface area contributed by atoms with Crippen molar-refractivity contribution in [1.82, 2.24) is 34.0 Å². The van der Waals surface area contributed by atoms with Crippen LogP contribution in [0.1, 0.15) is 71.5 Å². The molecule has 5 rings (SSSR count). The van der Waals surface area contributed by atoms with E-state index in [9.17, 15) is 26.8 Å². The number of carbonyl (C=O) groups excluding carboxylic acids is 1. The van der Waals surface area contributed by atoms with Gasteiger partial charge < -0.3 is 10.2 Å². The number of halogens is 3. The summed E-state index contributed by atoms with van der Waals surface area (Å²) in [5.74, 6) is -0.214. The third-order valence-corrected chi connectivity index (χ3v) is 8.38. The highest BCUT2D eigenvalue weighted by Crippen LogP contribution is 2.33. The van der Waals surface area contributed by atoms with Crippen molar-refractivity contribution in [2.75, 3.05) is 29.6 Å². The van der Waals surface area contributed by atoms with Crippen LogP contribution in [-0.2, 0) is 17.1 Å². The fraction of sp³-hybridized carbons (Fsp3) is 0.429. The molecule has 3 aromatic heterocycles. The number of piperidine rings is 1. The lowest BCUT2D eigenvalue weighted by molar-refractivity contribution is 0.0507. The van der Waals surface area contributed by atoms with Gasteiger partial charge in [-0.2, -0.15) is 18.6 Å². The molecule has 1 amide bonds. The van der Waals surface area contributed by atoms with Gasteiger partial charge in [0.05, 0.1) is 28.9 Å². The zero-order valence-corrected chi connectivity index (χ0v) is 26.7. The summed E-state index contributed by atoms with van der Waals surface area (Å²) < 4.78 is 54.5. The maximum atomic E-state index is 13.6. The number of rotatable bonds is 8. The minimum atomic E-state index is -3.87. The number of amides is 1. The fourth-order valence-corrected chi connectivity index (χ4v) is 6.19. The number of sulfonamides is 1. The topological polar surface area (TPSA) is 157 Å². The van der Waals surface area contributed by atoms with Crippen LogP contribution in [0.2, 0.25) is 5.15 Å². The molecule has 17 heteroatoms. The molecule has 4 aromatic rings. The maximum Gasteiger partial charge on any atom is 0.334 e. The van der Waals surface area contributed by atoms with Crippen LogP contribution in [0.25, 0.3) is 10.9 Å². The number of aryl methyl sites for hydroxylation is 2. The minimum Gasteiger partial charge on any atom is -0.377 e. The van der Waals surface area contributed by atoms with E-state index in [1.54, 1.807) is 20.0 Å². The Morgan fingerprint density at radius 3 is 2.44 bits per heavy atom. The summed E-state index contributed by atoms with van der Waals surface area (Å²) in [5.41, 5.74) is 1.65. The molecular formula is C28H32ClF2N9O4S. The summed E-state index contributed by atoms with van der Waals surface area (Å²) >= 11 is 6.01. The van der Waals surface area contributed by atoms with Crippen LogP contribution >= 0.6 is 11.6 Å². The van der Waals surface area contributed by atoms with Crippen molar-refractivity contribution in [3.05, 3.63) is 68.2 Å². The first-order valence-corrected chi connectivity index (χ1v) is 16.3. The van der Waals surface area contributed by atoms with Gasteiger partial charge in [0.1, 0.15) is 16.8 Å². The summed E-state index contributed by atoms with van der Waals surface area (Å²) in [6, 6.07) is 6.08. The highest BCUT2D eigenvalue weighted by molar-refractivity contribution is 7.89. The van der Waals surface area contributed by atoms with Crippen molar-refractivity contribution in [3.63, 3.8) is 0 Å². The minimum absolute atomic E-state index is 0.00369. The second kappa shape index (κ2) is 12.3. The van der Waals surface area contributed by atoms with Crippen molar-refractivity contribution in [1.29, 1.82) is 0 Å². The molecule has 13 nitrogen and oxygen atoms in total. The fourth-order valence-electron chi connectivity index (χ4n) is 5.61. The van der Waals surface area contributed by atoms with Crippen LogP contribution in [0, 0.1) is 13.8 Å². The van der Waals surface area contributed by atoms with Gasteiger partial charge in [-0.3, -0.25) is 14.2 Å². The van der Waals surface area contributed by atoms with Crippen molar-refractivity contribution >= 4 is 50.1 Å². The molecule has 1 aliphatic heterocycles. The first-order chi connectivity index (χ1) is 21.1. The molecule has 1 fully saturated rings. The van der Waals surface area contributed by atoms with E-state index in [4.69, 9.17) is 16.6 Å². The van der Waals surface area contributed by atoms with Crippen molar-refractivity contribution in [3.8, 4) is 0 Å². The largest absolute Gasteiger partial charge is 0.377 e. The summed E-state index contributed by atoms with van der Waals surface area (Å²) in [4.78, 5) is 41.5. The number of carbonyl (C=O) groups is 1. The lowest BCUT2D eigenvalue weighted by Gasteiger charge is -2.33. The Bertz CT molecular complexity index is 1960. The van der Waals surface area contributed by atoms with Crippen molar-refractivity contribution < 1.29 is 22.0 Å². The van der Waals surface area contributed by atoms with E-state index in [1.807, 2.05) is 29.5 Å². The number of pyridine rings is 1. The van der Waals surface area contributed by atoms with E-state index < -0.39 is 28.5 Å². The molecule has 0 radical (unpaired) electrons. The van der Waals surface area contributed by atoms with Crippen LogP contribution in [0.5, 0.6) is 0 Å². The smallest absolute Gasteiger partial charge is 0.334 e. The van der Waals surface area contributed by atoms with E-state index in [0.29, 0.717) is 53.0 Å². The van der Waals surface area contributed by atoms with Crippen molar-refractivity contribution in [2.45, 2.75) is 52.1 Å². The molecule has 4 heterocycles. The first kappa shape index (κ1) is 32.2. The monoisotopic (exact) mass is 663 g/mol. The summed E-state index contributed by atoms with van der Waals surface area (Å²) in [6.45, 7) is 3.37. The molecule has 240 valence electrons. The van der Waals surface area contributed by atoms with Crippen LogP contribution < -0.4 is 20.5 Å². The molecule has 1 saturated heterocycles. The second-order valence-corrected chi connectivity index (χ2v) is 13.3. The molecule has 1 aliphatic rings. The van der Waals surface area contributed by atoms with E-state index in [-0.39, 0.29) is 39.7 Å². The predicted molar refractivity (Wildman–Crippen MR) is 166 cm³/mol. The highest BCUT2D eigenvalue weighted by atomic mass is 35.5. The molecule has 1 atom stereocenters. The number of hydrogen-bond acceptors (Lipinski definition) is 10. The molecule has 0 aliphatic carbocycles. The lowest BCUT2D eigenvalue weighted by atomic mass is 9.96. The Morgan fingerprint density at radius 1 is 1.11 bits per heavy atom. The standard InChI is InChI=1S/C28H32ClF2N9O4S/c1-14-12-18(15(2)32-20-6-7-21(29)34-23(20)25(41)37-45(5,43)44)22-19(13-14)26(42)38(4)28(35-22)39-10-8-17(9-11-39)24-33-16(3)36-40(24)27(30)31/h6-7,12-13,15,17,27,32H,8-11H2,1-5H3,(H,37,41)/t15-/m1/s1. The Labute approximate surface area is 262 Å². The zero-order valence-electron chi connectivity index (χ0n) is 25.2. The third-order valence-electron chi connectivity index (χ3n) is 7.61.